The van der Waals surface area contributed by atoms with Gasteiger partial charge in [-0.05, 0) is 35.5 Å². The molecule has 3 rings (SSSR count). The number of nitrogens with one attached hydrogen (secondary N) is 1. The average molecular weight is 271 g/mol. The van der Waals surface area contributed by atoms with Crippen molar-refractivity contribution >= 4 is 21.4 Å². The molecule has 1 heterocycles. The number of fused-ring (bicyclic) bond motifs is 1. The molecule has 19 heavy (non-hydrogen) atoms. The van der Waals surface area contributed by atoms with Gasteiger partial charge in [0.25, 0.3) is 0 Å². The summed E-state index contributed by atoms with van der Waals surface area (Å²) in [5.74, 6) is -0.171. The number of benzene rings is 2. The Bertz CT molecular complexity index is 705. The quantitative estimate of drug-likeness (QED) is 0.746. The van der Waals surface area contributed by atoms with Crippen molar-refractivity contribution in [2.24, 2.45) is 0 Å². The number of rotatable bonds is 3. The van der Waals surface area contributed by atoms with Gasteiger partial charge in [-0.2, -0.15) is 0 Å². The molecule has 1 unspecified atom stereocenters. The fourth-order valence-electron chi connectivity index (χ4n) is 2.43. The minimum absolute atomic E-state index is 0.122. The molecular formula is C16H14FNS. The summed E-state index contributed by atoms with van der Waals surface area (Å²) in [6.45, 7) is 0. The zero-order valence-corrected chi connectivity index (χ0v) is 11.4. The normalized spacial score (nSPS) is 12.7. The molecule has 0 saturated carbocycles. The fraction of sp³-hybridized carbons (Fsp3) is 0.125. The highest BCUT2D eigenvalue weighted by molar-refractivity contribution is 7.17. The maximum atomic E-state index is 14.0. The van der Waals surface area contributed by atoms with Gasteiger partial charge in [-0.15, -0.1) is 11.3 Å². The van der Waals surface area contributed by atoms with E-state index in [1.807, 2.05) is 25.2 Å². The van der Waals surface area contributed by atoms with Gasteiger partial charge in [0.05, 0.1) is 6.04 Å². The number of hydrogen-bond donors (Lipinski definition) is 1. The van der Waals surface area contributed by atoms with E-state index in [1.54, 1.807) is 17.4 Å². The SMILES string of the molecule is CNC(c1ccccc1F)c1cccc2ccsc12. The Morgan fingerprint density at radius 2 is 1.79 bits per heavy atom. The topological polar surface area (TPSA) is 12.0 Å². The first-order valence-electron chi connectivity index (χ1n) is 6.19. The van der Waals surface area contributed by atoms with Gasteiger partial charge in [-0.25, -0.2) is 4.39 Å². The van der Waals surface area contributed by atoms with E-state index < -0.39 is 0 Å². The van der Waals surface area contributed by atoms with E-state index >= 15 is 0 Å². The van der Waals surface area contributed by atoms with Crippen LogP contribution in [0.3, 0.4) is 0 Å². The average Bonchev–Trinajstić information content (AvgIpc) is 2.91. The lowest BCUT2D eigenvalue weighted by Gasteiger charge is -2.18. The Hall–Kier alpha value is -1.71. The Kier molecular flexibility index (Phi) is 3.32. The second kappa shape index (κ2) is 5.11. The van der Waals surface area contributed by atoms with Crippen LogP contribution in [0, 0.1) is 5.82 Å². The summed E-state index contributed by atoms with van der Waals surface area (Å²) >= 11 is 1.70. The fourth-order valence-corrected chi connectivity index (χ4v) is 3.38. The number of thiophene rings is 1. The summed E-state index contributed by atoms with van der Waals surface area (Å²) in [4.78, 5) is 0. The predicted octanol–water partition coefficient (Wildman–Crippen LogP) is 4.35. The molecule has 0 radical (unpaired) electrons. The second-order valence-corrected chi connectivity index (χ2v) is 5.35. The Morgan fingerprint density at radius 1 is 1.00 bits per heavy atom. The van der Waals surface area contributed by atoms with Crippen molar-refractivity contribution in [3.8, 4) is 0 Å². The number of halogens is 1. The Labute approximate surface area is 115 Å². The van der Waals surface area contributed by atoms with Crippen LogP contribution < -0.4 is 5.32 Å². The number of hydrogen-bond acceptors (Lipinski definition) is 2. The first-order chi connectivity index (χ1) is 9.31. The van der Waals surface area contributed by atoms with Crippen LogP contribution in [-0.2, 0) is 0 Å². The van der Waals surface area contributed by atoms with E-state index in [0.29, 0.717) is 5.56 Å². The van der Waals surface area contributed by atoms with Gasteiger partial charge in [-0.3, -0.25) is 0 Å². The van der Waals surface area contributed by atoms with Crippen LogP contribution in [0.25, 0.3) is 10.1 Å². The van der Waals surface area contributed by atoms with Gasteiger partial charge < -0.3 is 5.32 Å². The first kappa shape index (κ1) is 12.3. The van der Waals surface area contributed by atoms with Crippen LogP contribution in [-0.4, -0.2) is 7.05 Å². The highest BCUT2D eigenvalue weighted by Crippen LogP contribution is 2.32. The molecule has 1 N–H and O–H groups in total. The first-order valence-corrected chi connectivity index (χ1v) is 7.07. The molecule has 0 spiro atoms. The summed E-state index contributed by atoms with van der Waals surface area (Å²) in [5, 5.41) is 6.50. The molecule has 1 nitrogen and oxygen atoms in total. The molecule has 0 fully saturated rings. The predicted molar refractivity (Wildman–Crippen MR) is 79.1 cm³/mol. The molecule has 0 aliphatic heterocycles. The van der Waals surface area contributed by atoms with Gasteiger partial charge >= 0.3 is 0 Å². The van der Waals surface area contributed by atoms with E-state index in [2.05, 4.69) is 28.9 Å². The maximum Gasteiger partial charge on any atom is 0.128 e. The molecule has 0 aliphatic carbocycles. The highest BCUT2D eigenvalue weighted by atomic mass is 32.1. The largest absolute Gasteiger partial charge is 0.309 e. The van der Waals surface area contributed by atoms with Crippen molar-refractivity contribution in [3.63, 3.8) is 0 Å². The van der Waals surface area contributed by atoms with Gasteiger partial charge in [-0.1, -0.05) is 36.4 Å². The molecule has 2 aromatic carbocycles. The van der Waals surface area contributed by atoms with Crippen LogP contribution >= 0.6 is 11.3 Å². The van der Waals surface area contributed by atoms with Crippen LogP contribution in [0.1, 0.15) is 17.2 Å². The maximum absolute atomic E-state index is 14.0. The van der Waals surface area contributed by atoms with E-state index in [-0.39, 0.29) is 11.9 Å². The third-order valence-corrected chi connectivity index (χ3v) is 4.30. The van der Waals surface area contributed by atoms with Crippen LogP contribution in [0.2, 0.25) is 0 Å². The van der Waals surface area contributed by atoms with Gasteiger partial charge in [0, 0.05) is 10.3 Å². The zero-order valence-electron chi connectivity index (χ0n) is 10.6. The Balaban J connectivity index is 2.18. The van der Waals surface area contributed by atoms with Crippen molar-refractivity contribution in [1.29, 1.82) is 0 Å². The van der Waals surface area contributed by atoms with Gasteiger partial charge in [0.2, 0.25) is 0 Å². The summed E-state index contributed by atoms with van der Waals surface area (Å²) in [6.07, 6.45) is 0. The summed E-state index contributed by atoms with van der Waals surface area (Å²) in [6, 6.07) is 15.1. The van der Waals surface area contributed by atoms with Crippen molar-refractivity contribution in [3.05, 3.63) is 70.9 Å². The van der Waals surface area contributed by atoms with Crippen molar-refractivity contribution < 1.29 is 4.39 Å². The van der Waals surface area contributed by atoms with E-state index in [4.69, 9.17) is 0 Å². The monoisotopic (exact) mass is 271 g/mol. The summed E-state index contributed by atoms with van der Waals surface area (Å²) < 4.78 is 15.2. The Morgan fingerprint density at radius 3 is 2.58 bits per heavy atom. The zero-order chi connectivity index (χ0) is 13.2. The van der Waals surface area contributed by atoms with E-state index in [9.17, 15) is 4.39 Å². The lowest BCUT2D eigenvalue weighted by Crippen LogP contribution is -2.18. The van der Waals surface area contributed by atoms with Crippen molar-refractivity contribution in [2.45, 2.75) is 6.04 Å². The summed E-state index contributed by atoms with van der Waals surface area (Å²) in [7, 11) is 1.86. The van der Waals surface area contributed by atoms with Gasteiger partial charge in [0.15, 0.2) is 0 Å². The second-order valence-electron chi connectivity index (χ2n) is 4.43. The molecule has 0 aliphatic rings. The molecular weight excluding hydrogens is 257 g/mol. The third-order valence-electron chi connectivity index (χ3n) is 3.33. The molecule has 3 aromatic rings. The molecule has 1 atom stereocenters. The molecule has 0 bridgehead atoms. The van der Waals surface area contributed by atoms with Crippen molar-refractivity contribution in [1.82, 2.24) is 5.32 Å². The molecule has 3 heteroatoms. The standard InChI is InChI=1S/C16H14FNS/c1-18-15(12-6-2-3-8-14(12)17)13-7-4-5-11-9-10-19-16(11)13/h2-10,15,18H,1H3. The summed E-state index contributed by atoms with van der Waals surface area (Å²) in [5.41, 5.74) is 1.81. The van der Waals surface area contributed by atoms with E-state index in [1.165, 1.54) is 16.2 Å². The van der Waals surface area contributed by atoms with Crippen molar-refractivity contribution in [2.75, 3.05) is 7.05 Å². The van der Waals surface area contributed by atoms with Gasteiger partial charge in [0.1, 0.15) is 5.82 Å². The smallest absolute Gasteiger partial charge is 0.128 e. The van der Waals surface area contributed by atoms with E-state index in [0.717, 1.165) is 5.56 Å². The molecule has 0 saturated heterocycles. The van der Waals surface area contributed by atoms with Crippen LogP contribution in [0.15, 0.2) is 53.9 Å². The highest BCUT2D eigenvalue weighted by Gasteiger charge is 2.18. The minimum Gasteiger partial charge on any atom is -0.309 e. The molecule has 1 aromatic heterocycles. The molecule has 96 valence electrons. The minimum atomic E-state index is -0.171. The third kappa shape index (κ3) is 2.15. The van der Waals surface area contributed by atoms with Crippen LogP contribution in [0.5, 0.6) is 0 Å². The van der Waals surface area contributed by atoms with Crippen LogP contribution in [0.4, 0.5) is 4.39 Å². The lowest BCUT2D eigenvalue weighted by atomic mass is 9.97. The lowest BCUT2D eigenvalue weighted by molar-refractivity contribution is 0.578. The molecule has 0 amide bonds.